The molecule has 0 bridgehead atoms. The molecule has 56 heavy (non-hydrogen) atoms. The first kappa shape index (κ1) is 34.8. The van der Waals surface area contributed by atoms with Crippen LogP contribution in [0.2, 0.25) is 0 Å². The number of phenolic OH excluding ortho intramolecular Hbond substituents is 8. The third-order valence-electron chi connectivity index (χ3n) is 10.3. The molecule has 274 valence electrons. The molecule has 0 radical (unpaired) electrons. The topological polar surface area (TPSA) is 216 Å². The van der Waals surface area contributed by atoms with Crippen LogP contribution < -0.4 is 9.80 Å². The van der Waals surface area contributed by atoms with E-state index in [1.165, 1.54) is 18.7 Å². The molecule has 0 unspecified atom stereocenters. The molecule has 0 heterocycles. The van der Waals surface area contributed by atoms with Gasteiger partial charge in [0.05, 0.1) is 40.3 Å². The van der Waals surface area contributed by atoms with Crippen LogP contribution in [0.25, 0.3) is 32.3 Å². The van der Waals surface area contributed by atoms with Gasteiger partial charge in [0.1, 0.15) is 11.4 Å². The van der Waals surface area contributed by atoms with Crippen LogP contribution in [-0.4, -0.2) is 40.9 Å². The summed E-state index contributed by atoms with van der Waals surface area (Å²) in [6.07, 6.45) is 0. The molecule has 12 heteroatoms. The van der Waals surface area contributed by atoms with Gasteiger partial charge in [-0.15, -0.1) is 0 Å². The molecule has 0 aliphatic heterocycles. The van der Waals surface area contributed by atoms with Gasteiger partial charge >= 0.3 is 0 Å². The Balaban J connectivity index is 1.46. The second-order valence-corrected chi connectivity index (χ2v) is 13.3. The molecule has 0 spiro atoms. The van der Waals surface area contributed by atoms with Gasteiger partial charge in [-0.1, -0.05) is 36.4 Å². The monoisotopic (exact) mass is 742 g/mol. The lowest BCUT2D eigenvalue weighted by Gasteiger charge is -2.31. The summed E-state index contributed by atoms with van der Waals surface area (Å²) in [5, 5.41) is 111. The minimum Gasteiger partial charge on any atom is -0.505 e. The van der Waals surface area contributed by atoms with Crippen LogP contribution >= 0.6 is 0 Å². The van der Waals surface area contributed by atoms with Gasteiger partial charge in [-0.3, -0.25) is 0 Å². The SMILES string of the molecule is Cc1c(O)c(O)c(O)c(N(c2ccc(C#N)cc2)c2ccc3ccc4c(N(c5ccc(C#N)cc5)c5c(C)c(O)c(O)c(O)c5O)ccc5ccc2c3c54)c1O. The highest BCUT2D eigenvalue weighted by molar-refractivity contribution is 6.28. The van der Waals surface area contributed by atoms with E-state index in [1.54, 1.807) is 59.5 Å². The van der Waals surface area contributed by atoms with Gasteiger partial charge in [0, 0.05) is 33.3 Å². The van der Waals surface area contributed by atoms with Crippen LogP contribution in [0, 0.1) is 36.5 Å². The van der Waals surface area contributed by atoms with Gasteiger partial charge < -0.3 is 50.7 Å². The molecule has 0 aliphatic carbocycles. The van der Waals surface area contributed by atoms with Crippen molar-refractivity contribution in [2.75, 3.05) is 9.80 Å². The summed E-state index contributed by atoms with van der Waals surface area (Å²) in [7, 11) is 0. The molecule has 8 aromatic rings. The van der Waals surface area contributed by atoms with Crippen molar-refractivity contribution in [3.63, 3.8) is 0 Å². The first-order valence-electron chi connectivity index (χ1n) is 17.1. The lowest BCUT2D eigenvalue weighted by atomic mass is 9.91. The number of nitrogens with zero attached hydrogens (tertiary/aromatic N) is 4. The summed E-state index contributed by atoms with van der Waals surface area (Å²) in [5.74, 6) is -5.93. The zero-order valence-electron chi connectivity index (χ0n) is 29.6. The van der Waals surface area contributed by atoms with Gasteiger partial charge in [-0.25, -0.2) is 0 Å². The Bertz CT molecular complexity index is 2740. The smallest absolute Gasteiger partial charge is 0.206 e. The van der Waals surface area contributed by atoms with E-state index in [0.29, 0.717) is 44.6 Å². The highest BCUT2D eigenvalue weighted by Crippen LogP contribution is 2.58. The normalized spacial score (nSPS) is 11.2. The summed E-state index contributed by atoms with van der Waals surface area (Å²) >= 11 is 0. The molecule has 12 nitrogen and oxygen atoms in total. The highest BCUT2D eigenvalue weighted by atomic mass is 16.3. The van der Waals surface area contributed by atoms with E-state index >= 15 is 0 Å². The van der Waals surface area contributed by atoms with Crippen molar-refractivity contribution >= 4 is 66.4 Å². The van der Waals surface area contributed by atoms with E-state index in [9.17, 15) is 51.4 Å². The van der Waals surface area contributed by atoms with Crippen LogP contribution in [0.4, 0.5) is 34.1 Å². The van der Waals surface area contributed by atoms with Crippen LogP contribution in [0.15, 0.2) is 97.1 Å². The fourth-order valence-corrected chi connectivity index (χ4v) is 7.40. The Kier molecular flexibility index (Phi) is 7.92. The molecule has 0 amide bonds. The van der Waals surface area contributed by atoms with Crippen molar-refractivity contribution in [2.24, 2.45) is 0 Å². The van der Waals surface area contributed by atoms with Crippen molar-refractivity contribution in [3.8, 4) is 58.1 Å². The number of benzene rings is 8. The van der Waals surface area contributed by atoms with E-state index < -0.39 is 46.0 Å². The Morgan fingerprint density at radius 1 is 0.393 bits per heavy atom. The minimum absolute atomic E-state index is 0.0290. The minimum atomic E-state index is -0.922. The molecule has 0 fully saturated rings. The number of phenols is 8. The Hall–Kier alpha value is -8.22. The quantitative estimate of drug-likeness (QED) is 0.0454. The average Bonchev–Trinajstić information content (AvgIpc) is 3.23. The standard InChI is InChI=1S/C44H30N4O8/c1-21-35(40(52)44(56)43(55)38(21)50)47(27-11-3-23(19-45)4-12-27)31-17-9-25-8-16-30-32(18-10-26-7-15-29(31)33(25)34(26)30)48(28-13-5-24(20-46)6-14-28)36-37(49)22(2)39(51)42(54)41(36)53/h3-18,49-56H,1-2H3. The van der Waals surface area contributed by atoms with E-state index in [1.807, 2.05) is 42.5 Å². The number of aromatic hydroxyl groups is 8. The number of anilines is 6. The fourth-order valence-electron chi connectivity index (χ4n) is 7.40. The molecule has 0 atom stereocenters. The van der Waals surface area contributed by atoms with Crippen molar-refractivity contribution in [1.29, 1.82) is 10.5 Å². The maximum absolute atomic E-state index is 11.4. The third kappa shape index (κ3) is 4.98. The largest absolute Gasteiger partial charge is 0.505 e. The van der Waals surface area contributed by atoms with Crippen molar-refractivity contribution in [1.82, 2.24) is 0 Å². The first-order valence-corrected chi connectivity index (χ1v) is 17.1. The fraction of sp³-hybridized carbons (Fsp3) is 0.0455. The Morgan fingerprint density at radius 2 is 0.768 bits per heavy atom. The van der Waals surface area contributed by atoms with Gasteiger partial charge in [-0.2, -0.15) is 10.5 Å². The average molecular weight is 743 g/mol. The zero-order chi connectivity index (χ0) is 39.7. The van der Waals surface area contributed by atoms with E-state index in [4.69, 9.17) is 0 Å². The second-order valence-electron chi connectivity index (χ2n) is 13.3. The summed E-state index contributed by atoms with van der Waals surface area (Å²) in [4.78, 5) is 3.13. The summed E-state index contributed by atoms with van der Waals surface area (Å²) in [6, 6.07) is 31.9. The summed E-state index contributed by atoms with van der Waals surface area (Å²) in [6.45, 7) is 2.87. The predicted molar refractivity (Wildman–Crippen MR) is 212 cm³/mol. The molecule has 8 N–H and O–H groups in total. The highest BCUT2D eigenvalue weighted by Gasteiger charge is 2.31. The van der Waals surface area contributed by atoms with Crippen LogP contribution in [0.1, 0.15) is 22.3 Å². The maximum Gasteiger partial charge on any atom is 0.206 e. The van der Waals surface area contributed by atoms with Crippen molar-refractivity contribution < 1.29 is 40.9 Å². The third-order valence-corrected chi connectivity index (χ3v) is 10.3. The molecule has 8 rings (SSSR count). The molecular weight excluding hydrogens is 713 g/mol. The Labute approximate surface area is 318 Å². The summed E-state index contributed by atoms with van der Waals surface area (Å²) < 4.78 is 0. The molecule has 0 saturated carbocycles. The van der Waals surface area contributed by atoms with Crippen LogP contribution in [0.3, 0.4) is 0 Å². The number of hydrogen-bond acceptors (Lipinski definition) is 12. The van der Waals surface area contributed by atoms with Crippen LogP contribution in [-0.2, 0) is 0 Å². The zero-order valence-corrected chi connectivity index (χ0v) is 29.6. The second kappa shape index (κ2) is 12.7. The van der Waals surface area contributed by atoms with Gasteiger partial charge in [-0.05, 0) is 96.1 Å². The number of rotatable bonds is 6. The molecule has 0 saturated heterocycles. The molecular formula is C44H30N4O8. The van der Waals surface area contributed by atoms with Crippen molar-refractivity contribution in [2.45, 2.75) is 13.8 Å². The van der Waals surface area contributed by atoms with Crippen LogP contribution in [0.5, 0.6) is 46.0 Å². The van der Waals surface area contributed by atoms with E-state index in [-0.39, 0.29) is 22.5 Å². The maximum atomic E-state index is 11.4. The van der Waals surface area contributed by atoms with Gasteiger partial charge in [0.25, 0.3) is 0 Å². The van der Waals surface area contributed by atoms with Gasteiger partial charge in [0.2, 0.25) is 17.2 Å². The van der Waals surface area contributed by atoms with Crippen molar-refractivity contribution in [3.05, 3.63) is 119 Å². The predicted octanol–water partition coefficient (Wildman–Crippen LogP) is 9.53. The van der Waals surface area contributed by atoms with Gasteiger partial charge in [0.15, 0.2) is 23.0 Å². The van der Waals surface area contributed by atoms with E-state index in [0.717, 1.165) is 21.5 Å². The summed E-state index contributed by atoms with van der Waals surface area (Å²) in [5.41, 5.74) is 2.24. The molecule has 8 aromatic carbocycles. The lowest BCUT2D eigenvalue weighted by Crippen LogP contribution is -2.13. The lowest BCUT2D eigenvalue weighted by molar-refractivity contribution is 0.345. The number of hydrogen-bond donors (Lipinski definition) is 8. The Morgan fingerprint density at radius 3 is 1.23 bits per heavy atom. The first-order chi connectivity index (χ1) is 26.9. The molecule has 0 aromatic heterocycles. The van der Waals surface area contributed by atoms with E-state index in [2.05, 4.69) is 12.1 Å². The number of nitriles is 2. The molecule has 0 aliphatic rings.